The molecule has 0 spiro atoms. The summed E-state index contributed by atoms with van der Waals surface area (Å²) in [7, 11) is 0. The molecule has 5 nitrogen and oxygen atoms in total. The van der Waals surface area contributed by atoms with Crippen LogP contribution in [0, 0.1) is 0 Å². The summed E-state index contributed by atoms with van der Waals surface area (Å²) in [5, 5.41) is 1.11. The van der Waals surface area contributed by atoms with Gasteiger partial charge >= 0.3 is 0 Å². The van der Waals surface area contributed by atoms with Crippen LogP contribution in [0.15, 0.2) is 24.3 Å². The molecular weight excluding hydrogens is 440 g/mol. The van der Waals surface area contributed by atoms with Crippen LogP contribution in [0.2, 0.25) is 0 Å². The van der Waals surface area contributed by atoms with Crippen molar-refractivity contribution in [1.82, 2.24) is 14.5 Å². The fourth-order valence-corrected chi connectivity index (χ4v) is 5.46. The molecule has 0 radical (unpaired) electrons. The Kier molecular flexibility index (Phi) is 12.0. The maximum Gasteiger partial charge on any atom is 0.152 e. The zero-order chi connectivity index (χ0) is 24.0. The third kappa shape index (κ3) is 7.88. The van der Waals surface area contributed by atoms with E-state index in [2.05, 4.69) is 47.3 Å². The Balaban J connectivity index is 1.38. The van der Waals surface area contributed by atoms with Gasteiger partial charge in [-0.2, -0.15) is 11.8 Å². The van der Waals surface area contributed by atoms with E-state index in [0.717, 1.165) is 60.2 Å². The largest absolute Gasteiger partial charge is 0.382 e. The van der Waals surface area contributed by atoms with Crippen LogP contribution in [-0.2, 0) is 17.7 Å². The number of thioether (sulfide) groups is 1. The lowest BCUT2D eigenvalue weighted by atomic mass is 10.1. The number of para-hydroxylation sites is 1. The summed E-state index contributed by atoms with van der Waals surface area (Å²) in [5.74, 6) is 4.07. The van der Waals surface area contributed by atoms with E-state index in [1.165, 1.54) is 62.9 Å². The monoisotopic (exact) mass is 484 g/mol. The number of ether oxygens (including phenoxy) is 1. The standard InChI is InChI=1S/C28H44N4OS/c1-3-5-6-7-8-9-10-13-21-34-22-14-19-33-20-18-32-25(15-4-2)31-26-27(32)23-16-11-12-17-24(23)30-28(26)29/h11-12,16-17H,3-10,13-15,18-22H2,1-2H3,(H2,29,30). The minimum Gasteiger partial charge on any atom is -0.382 e. The van der Waals surface area contributed by atoms with Gasteiger partial charge in [0, 0.05) is 25.0 Å². The van der Waals surface area contributed by atoms with Crippen LogP contribution in [0.25, 0.3) is 21.9 Å². The molecule has 0 amide bonds. The van der Waals surface area contributed by atoms with Crippen molar-refractivity contribution >= 4 is 39.5 Å². The first-order valence-electron chi connectivity index (χ1n) is 13.4. The number of aromatic nitrogens is 3. The Bertz CT molecular complexity index is 987. The van der Waals surface area contributed by atoms with Crippen molar-refractivity contribution in [3.63, 3.8) is 0 Å². The van der Waals surface area contributed by atoms with Gasteiger partial charge in [0.25, 0.3) is 0 Å². The molecule has 0 saturated carbocycles. The zero-order valence-corrected chi connectivity index (χ0v) is 22.2. The van der Waals surface area contributed by atoms with Crippen molar-refractivity contribution in [1.29, 1.82) is 0 Å². The van der Waals surface area contributed by atoms with Crippen LogP contribution >= 0.6 is 11.8 Å². The van der Waals surface area contributed by atoms with Gasteiger partial charge in [0.1, 0.15) is 11.3 Å². The van der Waals surface area contributed by atoms with Crippen LogP contribution in [-0.4, -0.2) is 39.3 Å². The van der Waals surface area contributed by atoms with Crippen molar-refractivity contribution in [2.75, 3.05) is 30.5 Å². The molecule has 188 valence electrons. The van der Waals surface area contributed by atoms with E-state index in [1.807, 2.05) is 12.1 Å². The molecule has 3 rings (SSSR count). The van der Waals surface area contributed by atoms with Crippen LogP contribution in [0.1, 0.15) is 83.9 Å². The zero-order valence-electron chi connectivity index (χ0n) is 21.4. The molecule has 0 atom stereocenters. The second-order valence-electron chi connectivity index (χ2n) is 9.19. The van der Waals surface area contributed by atoms with Crippen molar-refractivity contribution in [3.05, 3.63) is 30.1 Å². The van der Waals surface area contributed by atoms with E-state index < -0.39 is 0 Å². The summed E-state index contributed by atoms with van der Waals surface area (Å²) in [6.45, 7) is 6.78. The second kappa shape index (κ2) is 15.3. The summed E-state index contributed by atoms with van der Waals surface area (Å²) < 4.78 is 8.32. The Morgan fingerprint density at radius 2 is 1.59 bits per heavy atom. The van der Waals surface area contributed by atoms with E-state index in [1.54, 1.807) is 0 Å². The Hall–Kier alpha value is -1.79. The number of benzene rings is 1. The van der Waals surface area contributed by atoms with Gasteiger partial charge < -0.3 is 15.0 Å². The first kappa shape index (κ1) is 26.8. The first-order valence-corrected chi connectivity index (χ1v) is 14.6. The van der Waals surface area contributed by atoms with E-state index in [-0.39, 0.29) is 0 Å². The van der Waals surface area contributed by atoms with E-state index in [9.17, 15) is 0 Å². The van der Waals surface area contributed by atoms with E-state index in [4.69, 9.17) is 15.5 Å². The van der Waals surface area contributed by atoms with Crippen molar-refractivity contribution in [3.8, 4) is 0 Å². The number of nitrogens with zero attached hydrogens (tertiary/aromatic N) is 3. The summed E-state index contributed by atoms with van der Waals surface area (Å²) in [5.41, 5.74) is 9.10. The summed E-state index contributed by atoms with van der Waals surface area (Å²) in [6.07, 6.45) is 14.3. The van der Waals surface area contributed by atoms with Crippen molar-refractivity contribution < 1.29 is 4.74 Å². The maximum atomic E-state index is 6.27. The predicted molar refractivity (Wildman–Crippen MR) is 149 cm³/mol. The molecule has 3 aromatic rings. The number of hydrogen-bond donors (Lipinski definition) is 1. The van der Waals surface area contributed by atoms with Gasteiger partial charge in [0.05, 0.1) is 17.6 Å². The predicted octanol–water partition coefficient (Wildman–Crippen LogP) is 7.40. The number of unbranched alkanes of at least 4 members (excludes halogenated alkanes) is 7. The topological polar surface area (TPSA) is 66.0 Å². The third-order valence-electron chi connectivity index (χ3n) is 6.34. The van der Waals surface area contributed by atoms with Gasteiger partial charge in [-0.05, 0) is 36.8 Å². The number of pyridine rings is 1. The number of imidazole rings is 1. The van der Waals surface area contributed by atoms with Crippen molar-refractivity contribution in [2.45, 2.75) is 91.0 Å². The number of hydrogen-bond acceptors (Lipinski definition) is 5. The van der Waals surface area contributed by atoms with E-state index >= 15 is 0 Å². The molecular formula is C28H44N4OS. The highest BCUT2D eigenvalue weighted by Gasteiger charge is 2.16. The average molecular weight is 485 g/mol. The van der Waals surface area contributed by atoms with Gasteiger partial charge in [-0.1, -0.05) is 77.0 Å². The Morgan fingerprint density at radius 3 is 2.38 bits per heavy atom. The number of anilines is 1. The Morgan fingerprint density at radius 1 is 0.853 bits per heavy atom. The molecule has 2 aromatic heterocycles. The molecule has 0 saturated heterocycles. The number of fused-ring (bicyclic) bond motifs is 3. The lowest BCUT2D eigenvalue weighted by Gasteiger charge is -2.11. The maximum absolute atomic E-state index is 6.27. The summed E-state index contributed by atoms with van der Waals surface area (Å²) in [6, 6.07) is 8.19. The number of nitrogens with two attached hydrogens (primary N) is 1. The molecule has 0 fully saturated rings. The molecule has 0 unspecified atom stereocenters. The molecule has 0 bridgehead atoms. The molecule has 0 aliphatic rings. The quantitative estimate of drug-likeness (QED) is 0.191. The van der Waals surface area contributed by atoms with Gasteiger partial charge in [-0.3, -0.25) is 0 Å². The van der Waals surface area contributed by atoms with Crippen molar-refractivity contribution in [2.24, 2.45) is 0 Å². The second-order valence-corrected chi connectivity index (χ2v) is 10.4. The molecule has 34 heavy (non-hydrogen) atoms. The van der Waals surface area contributed by atoms with E-state index in [0.29, 0.717) is 12.4 Å². The van der Waals surface area contributed by atoms with Crippen LogP contribution in [0.4, 0.5) is 5.82 Å². The summed E-state index contributed by atoms with van der Waals surface area (Å²) in [4.78, 5) is 9.42. The average Bonchev–Trinajstić information content (AvgIpc) is 3.21. The fraction of sp³-hybridized carbons (Fsp3) is 0.643. The van der Waals surface area contributed by atoms with Gasteiger partial charge in [0.2, 0.25) is 0 Å². The highest BCUT2D eigenvalue weighted by molar-refractivity contribution is 7.99. The first-order chi connectivity index (χ1) is 16.8. The SMILES string of the molecule is CCCCCCCCCCSCCCOCCn1c(CCC)nc2c(N)nc3ccccc3c21. The Labute approximate surface area is 210 Å². The third-order valence-corrected chi connectivity index (χ3v) is 7.50. The lowest BCUT2D eigenvalue weighted by Crippen LogP contribution is -2.10. The van der Waals surface area contributed by atoms with Crippen LogP contribution < -0.4 is 5.73 Å². The number of nitrogen functional groups attached to an aromatic ring is 1. The molecule has 0 aliphatic carbocycles. The van der Waals surface area contributed by atoms with Gasteiger partial charge in [-0.15, -0.1) is 0 Å². The fourth-order valence-electron chi connectivity index (χ4n) is 4.52. The minimum absolute atomic E-state index is 0.513. The minimum atomic E-state index is 0.513. The normalized spacial score (nSPS) is 11.7. The molecule has 0 aliphatic heterocycles. The number of rotatable bonds is 18. The lowest BCUT2D eigenvalue weighted by molar-refractivity contribution is 0.127. The van der Waals surface area contributed by atoms with Gasteiger partial charge in [-0.25, -0.2) is 9.97 Å². The highest BCUT2D eigenvalue weighted by atomic mass is 32.2. The van der Waals surface area contributed by atoms with Gasteiger partial charge in [0.15, 0.2) is 5.82 Å². The van der Waals surface area contributed by atoms with Crippen LogP contribution in [0.3, 0.4) is 0 Å². The molecule has 2 N–H and O–H groups in total. The number of aryl methyl sites for hydroxylation is 1. The highest BCUT2D eigenvalue weighted by Crippen LogP contribution is 2.29. The molecule has 2 heterocycles. The summed E-state index contributed by atoms with van der Waals surface area (Å²) >= 11 is 2.08. The van der Waals surface area contributed by atoms with Crippen LogP contribution in [0.5, 0.6) is 0 Å². The smallest absolute Gasteiger partial charge is 0.152 e. The molecule has 6 heteroatoms. The molecule has 1 aromatic carbocycles.